The second-order valence-electron chi connectivity index (χ2n) is 0.493. The number of hydrogen-bond donors (Lipinski definition) is 0. The van der Waals surface area contributed by atoms with E-state index in [4.69, 9.17) is 5.73 Å². The Morgan fingerprint density at radius 2 is 2.00 bits per heavy atom. The van der Waals surface area contributed by atoms with Gasteiger partial charge in [-0.25, -0.2) is 0 Å². The molecule has 1 nitrogen and oxygen atoms in total. The Morgan fingerprint density at radius 3 is 2.00 bits per heavy atom. The Labute approximate surface area is 47.1 Å². The summed E-state index contributed by atoms with van der Waals surface area (Å²) in [5.41, 5.74) is 6.33. The maximum absolute atomic E-state index is 6.33. The second-order valence-corrected chi connectivity index (χ2v) is 0.493. The van der Waals surface area contributed by atoms with Gasteiger partial charge in [-0.1, -0.05) is 0 Å². The van der Waals surface area contributed by atoms with E-state index >= 15 is 0 Å². The molecule has 5 heavy (non-hydrogen) atoms. The Kier molecular flexibility index (Phi) is 16.0. The van der Waals surface area contributed by atoms with E-state index in [0.717, 1.165) is 0 Å². The molecule has 0 rings (SSSR count). The SMILES string of the molecule is C=CC[NH-].[Ti]. The first-order valence-corrected chi connectivity index (χ1v) is 1.17. The number of hydrogen-bond acceptors (Lipinski definition) is 0. The largest absolute Gasteiger partial charge is 0.674 e. The first kappa shape index (κ1) is 9.05. The van der Waals surface area contributed by atoms with E-state index in [9.17, 15) is 0 Å². The van der Waals surface area contributed by atoms with Crippen molar-refractivity contribution in [3.63, 3.8) is 0 Å². The van der Waals surface area contributed by atoms with Gasteiger partial charge in [0.2, 0.25) is 0 Å². The zero-order valence-corrected chi connectivity index (χ0v) is 4.55. The number of nitrogens with one attached hydrogen (secondary N) is 1. The topological polar surface area (TPSA) is 23.8 Å². The maximum atomic E-state index is 6.33. The summed E-state index contributed by atoms with van der Waals surface area (Å²) in [6, 6.07) is 0. The summed E-state index contributed by atoms with van der Waals surface area (Å²) in [7, 11) is 0. The molecule has 0 bridgehead atoms. The zero-order valence-electron chi connectivity index (χ0n) is 2.99. The van der Waals surface area contributed by atoms with Crippen LogP contribution in [0.25, 0.3) is 5.73 Å². The summed E-state index contributed by atoms with van der Waals surface area (Å²) >= 11 is 0. The van der Waals surface area contributed by atoms with Gasteiger partial charge in [-0.3, -0.25) is 0 Å². The van der Waals surface area contributed by atoms with E-state index < -0.39 is 0 Å². The first-order chi connectivity index (χ1) is 1.91. The average Bonchev–Trinajstić information content (AvgIpc) is 1.37. The Bertz CT molecular complexity index is 20.9. The molecule has 1 N–H and O–H groups in total. The molecule has 0 aliphatic carbocycles. The van der Waals surface area contributed by atoms with E-state index in [-0.39, 0.29) is 21.7 Å². The Morgan fingerprint density at radius 1 is 1.80 bits per heavy atom. The van der Waals surface area contributed by atoms with Crippen LogP contribution in [0.2, 0.25) is 0 Å². The third-order valence-corrected chi connectivity index (χ3v) is 0.144. The molecule has 0 aromatic rings. The van der Waals surface area contributed by atoms with Crippen LogP contribution in [0.5, 0.6) is 0 Å². The van der Waals surface area contributed by atoms with Crippen LogP contribution < -0.4 is 0 Å². The van der Waals surface area contributed by atoms with Gasteiger partial charge in [0.15, 0.2) is 0 Å². The summed E-state index contributed by atoms with van der Waals surface area (Å²) in [5, 5.41) is 0. The fourth-order valence-corrected chi connectivity index (χ4v) is 0. The second kappa shape index (κ2) is 8.83. The van der Waals surface area contributed by atoms with Crippen LogP contribution in [0.15, 0.2) is 12.7 Å². The van der Waals surface area contributed by atoms with Gasteiger partial charge in [-0.15, -0.1) is 19.2 Å². The summed E-state index contributed by atoms with van der Waals surface area (Å²) in [6.07, 6.45) is 1.54. The molecule has 0 amide bonds. The molecule has 28 valence electrons. The van der Waals surface area contributed by atoms with Crippen LogP contribution in [-0.4, -0.2) is 6.54 Å². The third-order valence-electron chi connectivity index (χ3n) is 0.144. The van der Waals surface area contributed by atoms with Crippen molar-refractivity contribution in [2.75, 3.05) is 6.54 Å². The monoisotopic (exact) mass is 104 g/mol. The van der Waals surface area contributed by atoms with Crippen LogP contribution in [0.1, 0.15) is 0 Å². The molecule has 0 aliphatic rings. The van der Waals surface area contributed by atoms with Gasteiger partial charge in [0.1, 0.15) is 0 Å². The zero-order chi connectivity index (χ0) is 3.41. The van der Waals surface area contributed by atoms with Gasteiger partial charge < -0.3 is 5.73 Å². The molecule has 0 heterocycles. The molecule has 0 unspecified atom stereocenters. The van der Waals surface area contributed by atoms with E-state index in [1.165, 1.54) is 0 Å². The quantitative estimate of drug-likeness (QED) is 0.352. The van der Waals surface area contributed by atoms with Crippen molar-refractivity contribution < 1.29 is 21.7 Å². The molecule has 0 saturated heterocycles. The summed E-state index contributed by atoms with van der Waals surface area (Å²) in [5.74, 6) is 0. The van der Waals surface area contributed by atoms with Crippen molar-refractivity contribution in [1.29, 1.82) is 0 Å². The fourth-order valence-electron chi connectivity index (χ4n) is 0. The normalized spacial score (nSPS) is 5.00. The molecule has 0 saturated carbocycles. The van der Waals surface area contributed by atoms with E-state index in [0.29, 0.717) is 6.54 Å². The molecule has 0 spiro atoms. The molecular weight excluding hydrogens is 97.9 g/mol. The van der Waals surface area contributed by atoms with Crippen molar-refractivity contribution in [3.05, 3.63) is 18.4 Å². The van der Waals surface area contributed by atoms with Crippen molar-refractivity contribution in [3.8, 4) is 0 Å². The predicted octanol–water partition coefficient (Wildman–Crippen LogP) is 1.22. The standard InChI is InChI=1S/C3H6N.Ti/c1-2-3-4;/h2,4H,1,3H2;/q-1;. The van der Waals surface area contributed by atoms with Gasteiger partial charge in [0.25, 0.3) is 0 Å². The van der Waals surface area contributed by atoms with Gasteiger partial charge in [0, 0.05) is 21.7 Å². The molecule has 0 aliphatic heterocycles. The minimum absolute atomic E-state index is 0. The van der Waals surface area contributed by atoms with E-state index in [1.54, 1.807) is 6.08 Å². The summed E-state index contributed by atoms with van der Waals surface area (Å²) < 4.78 is 0. The van der Waals surface area contributed by atoms with Crippen molar-refractivity contribution in [2.24, 2.45) is 0 Å². The maximum Gasteiger partial charge on any atom is 0 e. The van der Waals surface area contributed by atoms with Crippen molar-refractivity contribution in [2.45, 2.75) is 0 Å². The first-order valence-electron chi connectivity index (χ1n) is 1.17. The van der Waals surface area contributed by atoms with Crippen LogP contribution in [0, 0.1) is 0 Å². The van der Waals surface area contributed by atoms with Crippen LogP contribution in [0.4, 0.5) is 0 Å². The minimum Gasteiger partial charge on any atom is -0.674 e. The van der Waals surface area contributed by atoms with Gasteiger partial charge >= 0.3 is 0 Å². The summed E-state index contributed by atoms with van der Waals surface area (Å²) in [6.45, 7) is 3.62. The third kappa shape index (κ3) is 12.9. The van der Waals surface area contributed by atoms with E-state index in [2.05, 4.69) is 6.58 Å². The van der Waals surface area contributed by atoms with E-state index in [1.807, 2.05) is 0 Å². The number of rotatable bonds is 1. The smallest absolute Gasteiger partial charge is 0 e. The van der Waals surface area contributed by atoms with Crippen LogP contribution in [0.3, 0.4) is 0 Å². The summed E-state index contributed by atoms with van der Waals surface area (Å²) in [4.78, 5) is 0. The average molecular weight is 104 g/mol. The van der Waals surface area contributed by atoms with Crippen molar-refractivity contribution in [1.82, 2.24) is 0 Å². The van der Waals surface area contributed by atoms with Gasteiger partial charge in [-0.2, -0.15) is 0 Å². The van der Waals surface area contributed by atoms with Gasteiger partial charge in [-0.05, 0) is 0 Å². The molecular formula is C3H6NTi-. The molecule has 0 aromatic carbocycles. The van der Waals surface area contributed by atoms with Crippen LogP contribution in [-0.2, 0) is 21.7 Å². The molecule has 2 heteroatoms. The molecule has 0 atom stereocenters. The van der Waals surface area contributed by atoms with Crippen molar-refractivity contribution >= 4 is 0 Å². The Balaban J connectivity index is 0. The molecule has 0 aromatic heterocycles. The molecule has 0 fully saturated rings. The fraction of sp³-hybridized carbons (Fsp3) is 0.333. The van der Waals surface area contributed by atoms with Gasteiger partial charge in [0.05, 0.1) is 0 Å². The predicted molar refractivity (Wildman–Crippen MR) is 19.4 cm³/mol. The van der Waals surface area contributed by atoms with Crippen LogP contribution >= 0.6 is 0 Å². The Hall–Kier alpha value is 0.414. The minimum atomic E-state index is 0. The molecule has 0 radical (unpaired) electrons.